The molecule has 2 unspecified atom stereocenters. The highest BCUT2D eigenvalue weighted by molar-refractivity contribution is 5.83. The van der Waals surface area contributed by atoms with Gasteiger partial charge >= 0.3 is 0 Å². The van der Waals surface area contributed by atoms with E-state index in [2.05, 4.69) is 0 Å². The first kappa shape index (κ1) is 11.3. The van der Waals surface area contributed by atoms with E-state index in [0.717, 1.165) is 13.1 Å². The molecule has 2 atom stereocenters. The summed E-state index contributed by atoms with van der Waals surface area (Å²) < 4.78 is 14.0. The molecule has 2 rings (SSSR count). The smallest absolute Gasteiger partial charge is 0.207 e. The van der Waals surface area contributed by atoms with Crippen LogP contribution in [-0.2, 0) is 11.3 Å². The lowest BCUT2D eigenvalue weighted by molar-refractivity contribution is -0.925. The van der Waals surface area contributed by atoms with Gasteiger partial charge in [0.05, 0.1) is 20.0 Å². The predicted octanol–water partition coefficient (Wildman–Crippen LogP) is 1.94. The number of carbonyl (C=O) groups excluding carboxylic acids is 1. The van der Waals surface area contributed by atoms with Crippen LogP contribution >= 0.6 is 0 Å². The molecule has 0 aliphatic carbocycles. The van der Waals surface area contributed by atoms with Crippen LogP contribution in [0.2, 0.25) is 0 Å². The van der Waals surface area contributed by atoms with Gasteiger partial charge in [0.25, 0.3) is 0 Å². The molecule has 3 heteroatoms. The SMILES string of the molecule is C[N+]1(Cc2ccccc2)CCC(=O)C(F)C1. The van der Waals surface area contributed by atoms with Gasteiger partial charge in [-0.1, -0.05) is 30.3 Å². The first-order valence-corrected chi connectivity index (χ1v) is 5.63. The van der Waals surface area contributed by atoms with Gasteiger partial charge in [-0.05, 0) is 0 Å². The van der Waals surface area contributed by atoms with Crippen molar-refractivity contribution in [3.05, 3.63) is 35.9 Å². The van der Waals surface area contributed by atoms with Gasteiger partial charge in [0.15, 0.2) is 5.78 Å². The maximum Gasteiger partial charge on any atom is 0.207 e. The zero-order valence-electron chi connectivity index (χ0n) is 9.53. The number of Topliss-reactive ketones (excluding diaryl/α,β-unsaturated/α-hetero) is 1. The number of hydrogen-bond donors (Lipinski definition) is 0. The van der Waals surface area contributed by atoms with Crippen LogP contribution in [0.3, 0.4) is 0 Å². The van der Waals surface area contributed by atoms with Crippen molar-refractivity contribution < 1.29 is 13.7 Å². The number of rotatable bonds is 2. The lowest BCUT2D eigenvalue weighted by Gasteiger charge is -2.38. The van der Waals surface area contributed by atoms with Gasteiger partial charge in [-0.25, -0.2) is 4.39 Å². The quantitative estimate of drug-likeness (QED) is 0.699. The number of benzene rings is 1. The monoisotopic (exact) mass is 222 g/mol. The molecule has 0 radical (unpaired) electrons. The zero-order chi connectivity index (χ0) is 11.6. The number of carbonyl (C=O) groups is 1. The van der Waals surface area contributed by atoms with E-state index in [1.165, 1.54) is 5.56 Å². The minimum absolute atomic E-state index is 0.233. The van der Waals surface area contributed by atoms with Crippen molar-refractivity contribution >= 4 is 5.78 Å². The topological polar surface area (TPSA) is 17.1 Å². The van der Waals surface area contributed by atoms with Crippen molar-refractivity contribution in [1.29, 1.82) is 0 Å². The molecule has 2 nitrogen and oxygen atoms in total. The van der Waals surface area contributed by atoms with Crippen LogP contribution in [0.4, 0.5) is 4.39 Å². The van der Waals surface area contributed by atoms with Crippen LogP contribution in [0.5, 0.6) is 0 Å². The van der Waals surface area contributed by atoms with Crippen molar-refractivity contribution in [2.75, 3.05) is 20.1 Å². The minimum Gasteiger partial charge on any atom is -0.319 e. The van der Waals surface area contributed by atoms with E-state index in [9.17, 15) is 9.18 Å². The third kappa shape index (κ3) is 2.47. The van der Waals surface area contributed by atoms with Crippen LogP contribution in [0.15, 0.2) is 30.3 Å². The fourth-order valence-electron chi connectivity index (χ4n) is 2.28. The molecule has 86 valence electrons. The van der Waals surface area contributed by atoms with Gasteiger partial charge < -0.3 is 4.48 Å². The molecule has 0 spiro atoms. The highest BCUT2D eigenvalue weighted by atomic mass is 19.1. The Labute approximate surface area is 95.3 Å². The van der Waals surface area contributed by atoms with E-state index in [-0.39, 0.29) is 5.78 Å². The number of halogens is 1. The second kappa shape index (κ2) is 4.34. The van der Waals surface area contributed by atoms with Gasteiger partial charge in [-0.3, -0.25) is 4.79 Å². The van der Waals surface area contributed by atoms with Gasteiger partial charge in [0, 0.05) is 5.56 Å². The molecule has 0 aromatic heterocycles. The maximum atomic E-state index is 13.4. The average Bonchev–Trinajstić information content (AvgIpc) is 2.25. The number of quaternary nitrogens is 1. The van der Waals surface area contributed by atoms with E-state index >= 15 is 0 Å². The largest absolute Gasteiger partial charge is 0.319 e. The molecule has 1 aliphatic rings. The minimum atomic E-state index is -1.28. The summed E-state index contributed by atoms with van der Waals surface area (Å²) >= 11 is 0. The molecule has 0 saturated carbocycles. The molecular weight excluding hydrogens is 205 g/mol. The molecule has 0 bridgehead atoms. The fraction of sp³-hybridized carbons (Fsp3) is 0.462. The number of likely N-dealkylation sites (tertiary alicyclic amines) is 1. The average molecular weight is 222 g/mol. The highest BCUT2D eigenvalue weighted by Crippen LogP contribution is 2.20. The fourth-order valence-corrected chi connectivity index (χ4v) is 2.28. The molecular formula is C13H17FNO+. The van der Waals surface area contributed by atoms with Gasteiger partial charge in [-0.2, -0.15) is 0 Å². The van der Waals surface area contributed by atoms with E-state index < -0.39 is 6.17 Å². The molecule has 1 fully saturated rings. The van der Waals surface area contributed by atoms with E-state index in [1.807, 2.05) is 37.4 Å². The summed E-state index contributed by atoms with van der Waals surface area (Å²) in [7, 11) is 2.02. The Morgan fingerprint density at radius 1 is 1.38 bits per heavy atom. The van der Waals surface area contributed by atoms with E-state index in [4.69, 9.17) is 0 Å². The maximum absolute atomic E-state index is 13.4. The summed E-state index contributed by atoms with van der Waals surface area (Å²) in [4.78, 5) is 11.1. The molecule has 1 aromatic carbocycles. The lowest BCUT2D eigenvalue weighted by Crippen LogP contribution is -2.54. The Morgan fingerprint density at radius 3 is 2.69 bits per heavy atom. The Bertz CT molecular complexity index is 379. The number of ketones is 1. The van der Waals surface area contributed by atoms with Crippen molar-refractivity contribution in [2.45, 2.75) is 19.1 Å². The Kier molecular flexibility index (Phi) is 3.06. The molecule has 0 amide bonds. The van der Waals surface area contributed by atoms with Crippen molar-refractivity contribution in [3.8, 4) is 0 Å². The second-order valence-corrected chi connectivity index (χ2v) is 4.85. The summed E-state index contributed by atoms with van der Waals surface area (Å²) in [5.74, 6) is -0.233. The number of nitrogens with zero attached hydrogens (tertiary/aromatic N) is 1. The summed E-state index contributed by atoms with van der Waals surface area (Å²) in [6.45, 7) is 1.86. The first-order chi connectivity index (χ1) is 7.59. The van der Waals surface area contributed by atoms with Crippen LogP contribution in [0.25, 0.3) is 0 Å². The van der Waals surface area contributed by atoms with Crippen LogP contribution in [0.1, 0.15) is 12.0 Å². The van der Waals surface area contributed by atoms with Gasteiger partial charge in [0.2, 0.25) is 6.17 Å². The van der Waals surface area contributed by atoms with Crippen molar-refractivity contribution in [1.82, 2.24) is 0 Å². The van der Waals surface area contributed by atoms with Crippen molar-refractivity contribution in [3.63, 3.8) is 0 Å². The first-order valence-electron chi connectivity index (χ1n) is 5.63. The Hall–Kier alpha value is -1.22. The molecule has 1 saturated heterocycles. The lowest BCUT2D eigenvalue weighted by atomic mass is 10.0. The number of piperidine rings is 1. The molecule has 1 heterocycles. The Morgan fingerprint density at radius 2 is 2.06 bits per heavy atom. The van der Waals surface area contributed by atoms with Crippen LogP contribution in [-0.4, -0.2) is 36.6 Å². The molecule has 1 aromatic rings. The highest BCUT2D eigenvalue weighted by Gasteiger charge is 2.36. The summed E-state index contributed by atoms with van der Waals surface area (Å²) in [5, 5.41) is 0. The van der Waals surface area contributed by atoms with Crippen LogP contribution < -0.4 is 0 Å². The number of alkyl halides is 1. The predicted molar refractivity (Wildman–Crippen MR) is 60.6 cm³/mol. The summed E-state index contributed by atoms with van der Waals surface area (Å²) in [6, 6.07) is 10.1. The Balaban J connectivity index is 2.06. The molecule has 1 aliphatic heterocycles. The van der Waals surface area contributed by atoms with Crippen molar-refractivity contribution in [2.24, 2.45) is 0 Å². The molecule has 16 heavy (non-hydrogen) atoms. The second-order valence-electron chi connectivity index (χ2n) is 4.85. The van der Waals surface area contributed by atoms with Gasteiger partial charge in [0.1, 0.15) is 13.1 Å². The van der Waals surface area contributed by atoms with Crippen LogP contribution in [0, 0.1) is 0 Å². The van der Waals surface area contributed by atoms with E-state index in [0.29, 0.717) is 17.4 Å². The molecule has 0 N–H and O–H groups in total. The summed E-state index contributed by atoms with van der Waals surface area (Å²) in [6.07, 6.45) is -0.910. The zero-order valence-corrected chi connectivity index (χ0v) is 9.53. The normalized spacial score (nSPS) is 30.4. The standard InChI is InChI=1S/C13H17FNO/c1-15(8-7-13(16)12(14)10-15)9-11-5-3-2-4-6-11/h2-6,12H,7-10H2,1H3/q+1. The summed E-state index contributed by atoms with van der Waals surface area (Å²) in [5.41, 5.74) is 1.20. The third-order valence-corrected chi connectivity index (χ3v) is 3.26. The third-order valence-electron chi connectivity index (χ3n) is 3.26. The number of hydrogen-bond acceptors (Lipinski definition) is 1. The van der Waals surface area contributed by atoms with E-state index in [1.54, 1.807) is 0 Å². The van der Waals surface area contributed by atoms with Gasteiger partial charge in [-0.15, -0.1) is 0 Å².